The predicted octanol–water partition coefficient (Wildman–Crippen LogP) is 18.1. The molecule has 0 atom stereocenters. The van der Waals surface area contributed by atoms with Crippen LogP contribution < -0.4 is 21.3 Å². The van der Waals surface area contributed by atoms with Crippen molar-refractivity contribution in [2.45, 2.75) is 19.3 Å². The third kappa shape index (κ3) is 11.2. The Morgan fingerprint density at radius 3 is 1.58 bits per heavy atom. The van der Waals surface area contributed by atoms with Crippen LogP contribution in [0.3, 0.4) is 0 Å². The fraction of sp³-hybridized carbons (Fsp3) is 0.105. The lowest BCUT2D eigenvalue weighted by Gasteiger charge is -2.27. The number of nitrogens with two attached hydrogens (primary N) is 1. The van der Waals surface area contributed by atoms with E-state index in [1.165, 1.54) is 66.9 Å². The molecular weight excluding hydrogens is 1400 g/mol. The zero-order valence-electron chi connectivity index (χ0n) is 57.5. The SMILES string of the molecule is CN(C)c1cccc2c1C(=O)c1cccc3snc-2c13.Nc1ccc2snc3c2c1C(=O)c1ccccc1-3.O=C(Nc1ccc2snc3c2c1C(=O)c1ccccc1-3)c1ccccc1.O=C1c2ccccc2-c2n[nH]c3ccc(NCCN4CCCCC4)c1c23.O=C1c2ccccc2-c2noc3cccc1c23. The Morgan fingerprint density at radius 1 is 0.449 bits per heavy atom. The molecule has 5 N–H and O–H groups in total. The fourth-order valence-electron chi connectivity index (χ4n) is 15.4. The molecule has 1 aliphatic heterocycles. The molecule has 0 unspecified atom stereocenters. The maximum Gasteiger partial charge on any atom is 0.255 e. The highest BCUT2D eigenvalue weighted by Crippen LogP contribution is 2.48. The number of nitrogens with zero attached hydrogens (tertiary/aromatic N) is 7. The molecule has 1 saturated heterocycles. The first kappa shape index (κ1) is 66.2. The Morgan fingerprint density at radius 2 is 0.935 bits per heavy atom. The highest BCUT2D eigenvalue weighted by atomic mass is 32.1. The summed E-state index contributed by atoms with van der Waals surface area (Å²) in [5, 5.41) is 22.6. The first-order chi connectivity index (χ1) is 52.4. The molecular formula is C86H61N11O7S3. The van der Waals surface area contributed by atoms with Gasteiger partial charge >= 0.3 is 0 Å². The maximum absolute atomic E-state index is 13.2. The molecule has 520 valence electrons. The van der Waals surface area contributed by atoms with E-state index in [2.05, 4.69) is 44.0 Å². The van der Waals surface area contributed by atoms with Gasteiger partial charge in [-0.2, -0.15) is 18.2 Å². The molecule has 1 amide bonds. The Kier molecular flexibility index (Phi) is 16.7. The number of nitrogens with one attached hydrogen (secondary N) is 3. The number of fused-ring (bicyclic) bond motifs is 10. The summed E-state index contributed by atoms with van der Waals surface area (Å²) >= 11 is 4.23. The Bertz CT molecular complexity index is 6420. The summed E-state index contributed by atoms with van der Waals surface area (Å²) in [6, 6.07) is 67.9. The molecule has 21 heteroatoms. The van der Waals surface area contributed by atoms with Crippen molar-refractivity contribution in [3.8, 4) is 56.3 Å². The van der Waals surface area contributed by atoms with E-state index in [-0.39, 0.29) is 34.8 Å². The van der Waals surface area contributed by atoms with Crippen molar-refractivity contribution in [1.82, 2.24) is 33.4 Å². The van der Waals surface area contributed by atoms with Crippen LogP contribution in [0.2, 0.25) is 0 Å². The summed E-state index contributed by atoms with van der Waals surface area (Å²) in [7, 11) is 3.92. The zero-order chi connectivity index (χ0) is 72.7. The lowest BCUT2D eigenvalue weighted by atomic mass is 9.86. The van der Waals surface area contributed by atoms with Crippen molar-refractivity contribution in [2.75, 3.05) is 61.5 Å². The predicted molar refractivity (Wildman–Crippen MR) is 425 cm³/mol. The Labute approximate surface area is 623 Å². The first-order valence-corrected chi connectivity index (χ1v) is 37.3. The molecule has 11 aromatic carbocycles. The molecule has 5 aliphatic carbocycles. The van der Waals surface area contributed by atoms with Gasteiger partial charge < -0.3 is 30.7 Å². The smallest absolute Gasteiger partial charge is 0.255 e. The number of likely N-dealkylation sites (tertiary alicyclic amines) is 1. The number of benzene rings is 11. The molecule has 5 aromatic heterocycles. The van der Waals surface area contributed by atoms with Gasteiger partial charge in [0.05, 0.1) is 70.0 Å². The number of hydrogen-bond donors (Lipinski definition) is 4. The fourth-order valence-corrected chi connectivity index (χ4v) is 17.8. The van der Waals surface area contributed by atoms with E-state index in [1.54, 1.807) is 24.3 Å². The molecule has 0 spiro atoms. The van der Waals surface area contributed by atoms with Crippen LogP contribution in [-0.4, -0.2) is 108 Å². The number of ketones is 5. The first-order valence-electron chi connectivity index (χ1n) is 35.0. The van der Waals surface area contributed by atoms with E-state index in [4.69, 9.17) is 10.3 Å². The quantitative estimate of drug-likeness (QED) is 0.108. The largest absolute Gasteiger partial charge is 0.398 e. The number of piperidine rings is 1. The molecule has 6 aliphatic rings. The second-order valence-electron chi connectivity index (χ2n) is 26.8. The van der Waals surface area contributed by atoms with Gasteiger partial charge in [0.25, 0.3) is 5.91 Å². The van der Waals surface area contributed by atoms with Crippen LogP contribution in [0.15, 0.2) is 223 Å². The summed E-state index contributed by atoms with van der Waals surface area (Å²) in [6.45, 7) is 4.23. The molecule has 107 heavy (non-hydrogen) atoms. The van der Waals surface area contributed by atoms with Crippen LogP contribution in [-0.2, 0) is 0 Å². The van der Waals surface area contributed by atoms with Crippen LogP contribution in [0.5, 0.6) is 0 Å². The van der Waals surface area contributed by atoms with Gasteiger partial charge in [0, 0.05) is 133 Å². The second kappa shape index (κ2) is 27.0. The van der Waals surface area contributed by atoms with E-state index in [9.17, 15) is 28.8 Å². The van der Waals surface area contributed by atoms with Crippen LogP contribution in [0.1, 0.15) is 109 Å². The van der Waals surface area contributed by atoms with Gasteiger partial charge in [0.15, 0.2) is 34.5 Å². The third-order valence-corrected chi connectivity index (χ3v) is 22.8. The van der Waals surface area contributed by atoms with Gasteiger partial charge in [-0.05, 0) is 127 Å². The van der Waals surface area contributed by atoms with Crippen molar-refractivity contribution in [3.63, 3.8) is 0 Å². The average molecular weight is 1460 g/mol. The number of rotatable bonds is 7. The standard InChI is InChI=1S/C21H22N4O.C21H12N2O2S.C16H12N2OS.C14H8N2OS.C14H7NO2/c26-21-15-7-3-2-6-14(15)20-18-17(23-24-20)9-8-16(19(18)21)22-10-13-25-11-4-1-5-12-25;24-20-14-9-5-4-8-13(14)19-18-16(26-23-19)11-10-15(17(18)20)22-21(25)12-6-2-1-3-7-12;1-18(2)11-7-3-5-9-13(11)16(19)10-6-4-8-12-14(10)15(9)17-20-12;15-9-5-6-10-12-11(9)14(17)8-4-2-1-3-7(8)13(12)16-18-10;16-14-9-5-2-1-4-8(9)13-12-10(14)6-3-7-11(12)17-15-13/h2-3,6-9,22H,1,4-5,10-13H2,(H,23,24);1-11H,(H,22,25);3-8H,1-2H3;1-6H,15H2;1-7H. The lowest BCUT2D eigenvalue weighted by Crippen LogP contribution is -2.33. The zero-order valence-corrected chi connectivity index (χ0v) is 60.0. The number of amides is 1. The molecule has 16 aromatic rings. The molecule has 1 fully saturated rings. The van der Waals surface area contributed by atoms with Crippen LogP contribution in [0.4, 0.5) is 22.7 Å². The number of carbonyl (C=O) groups excluding carboxylic acids is 6. The number of H-pyrrole nitrogens is 1. The van der Waals surface area contributed by atoms with Gasteiger partial charge in [-0.1, -0.05) is 163 Å². The van der Waals surface area contributed by atoms with Crippen LogP contribution >= 0.6 is 34.6 Å². The minimum atomic E-state index is -0.238. The highest BCUT2D eigenvalue weighted by Gasteiger charge is 2.35. The molecule has 6 heterocycles. The summed E-state index contributed by atoms with van der Waals surface area (Å²) in [5.74, 6) is -0.0914. The Hall–Kier alpha value is -12.8. The van der Waals surface area contributed by atoms with Gasteiger partial charge in [-0.15, -0.1) is 0 Å². The van der Waals surface area contributed by atoms with Crippen molar-refractivity contribution in [3.05, 3.63) is 280 Å². The van der Waals surface area contributed by atoms with E-state index >= 15 is 0 Å². The minimum Gasteiger partial charge on any atom is -0.398 e. The van der Waals surface area contributed by atoms with Crippen molar-refractivity contribution >= 4 is 144 Å². The number of aromatic nitrogens is 6. The van der Waals surface area contributed by atoms with Crippen molar-refractivity contribution in [2.24, 2.45) is 0 Å². The number of hydrogen-bond acceptors (Lipinski definition) is 19. The van der Waals surface area contributed by atoms with Gasteiger partial charge in [0.2, 0.25) is 0 Å². The molecule has 0 radical (unpaired) electrons. The Balaban J connectivity index is 0.0000000955. The van der Waals surface area contributed by atoms with E-state index < -0.39 is 0 Å². The summed E-state index contributed by atoms with van der Waals surface area (Å²) in [5.41, 5.74) is 26.6. The minimum absolute atomic E-state index is 0.00130. The highest BCUT2D eigenvalue weighted by molar-refractivity contribution is 7.14. The average Bonchev–Trinajstić information content (AvgIpc) is 1.67. The monoisotopic (exact) mass is 1460 g/mol. The third-order valence-electron chi connectivity index (χ3n) is 20.4. The van der Waals surface area contributed by atoms with E-state index in [0.717, 1.165) is 150 Å². The number of nitrogen functional groups attached to an aromatic ring is 1. The lowest BCUT2D eigenvalue weighted by molar-refractivity contribution is 0.101. The van der Waals surface area contributed by atoms with Crippen molar-refractivity contribution < 1.29 is 33.3 Å². The summed E-state index contributed by atoms with van der Waals surface area (Å²) in [4.78, 5) is 81.1. The van der Waals surface area contributed by atoms with E-state index in [1.807, 2.05) is 213 Å². The van der Waals surface area contributed by atoms with Gasteiger partial charge in [0.1, 0.15) is 11.4 Å². The number of carbonyl (C=O) groups is 6. The summed E-state index contributed by atoms with van der Waals surface area (Å²) in [6.07, 6.45) is 3.94. The summed E-state index contributed by atoms with van der Waals surface area (Å²) < 4.78 is 21.9. The van der Waals surface area contributed by atoms with Gasteiger partial charge in [-0.3, -0.25) is 33.9 Å². The molecule has 0 saturated carbocycles. The topological polar surface area (TPSA) is 252 Å². The molecule has 0 bridgehead atoms. The number of anilines is 4. The van der Waals surface area contributed by atoms with Crippen LogP contribution in [0.25, 0.3) is 108 Å². The van der Waals surface area contributed by atoms with Crippen molar-refractivity contribution in [1.29, 1.82) is 0 Å². The maximum atomic E-state index is 13.2. The van der Waals surface area contributed by atoms with Crippen LogP contribution in [0, 0.1) is 0 Å². The number of aromatic amines is 1. The normalized spacial score (nSPS) is 13.5. The van der Waals surface area contributed by atoms with E-state index in [0.29, 0.717) is 55.9 Å². The molecule has 18 nitrogen and oxygen atoms in total. The molecule has 22 rings (SSSR count). The van der Waals surface area contributed by atoms with Gasteiger partial charge in [-0.25, -0.2) is 0 Å². The second-order valence-corrected chi connectivity index (χ2v) is 29.2.